The summed E-state index contributed by atoms with van der Waals surface area (Å²) in [6.45, 7) is 4.00. The van der Waals surface area contributed by atoms with Gasteiger partial charge < -0.3 is 28.4 Å². The number of halogens is 1. The van der Waals surface area contributed by atoms with Gasteiger partial charge in [-0.05, 0) is 6.08 Å². The SMILES string of the molecule is COC(=O)C1=C[C@@H](Br)[C@@H](OC(C)=O)[C@H]([C@H](OC(C)=O)[C@@H](COC(C)=O)OC(C)=O)O1. The molecule has 168 valence electrons. The van der Waals surface area contributed by atoms with Gasteiger partial charge in [0.25, 0.3) is 0 Å². The molecule has 0 spiro atoms. The number of carbonyl (C=O) groups is 5. The first-order valence-electron chi connectivity index (χ1n) is 8.72. The Kier molecular flexibility index (Phi) is 9.76. The fourth-order valence-corrected chi connectivity index (χ4v) is 3.27. The average molecular weight is 495 g/mol. The summed E-state index contributed by atoms with van der Waals surface area (Å²) in [5.74, 6) is -3.99. The van der Waals surface area contributed by atoms with Crippen LogP contribution in [0.2, 0.25) is 0 Å². The molecule has 1 heterocycles. The molecule has 0 fully saturated rings. The fraction of sp³-hybridized carbons (Fsp3) is 0.611. The Hall–Kier alpha value is -2.63. The molecule has 12 heteroatoms. The molecule has 0 aromatic carbocycles. The van der Waals surface area contributed by atoms with Gasteiger partial charge in [-0.1, -0.05) is 15.9 Å². The molecule has 0 amide bonds. The molecule has 0 aromatic rings. The zero-order valence-electron chi connectivity index (χ0n) is 17.0. The lowest BCUT2D eigenvalue weighted by atomic mass is 9.97. The van der Waals surface area contributed by atoms with E-state index in [0.717, 1.165) is 34.8 Å². The number of alkyl halides is 1. The third-order valence-corrected chi connectivity index (χ3v) is 4.45. The maximum absolute atomic E-state index is 12.0. The minimum Gasteiger partial charge on any atom is -0.475 e. The van der Waals surface area contributed by atoms with Crippen molar-refractivity contribution < 1.29 is 52.4 Å². The summed E-state index contributed by atoms with van der Waals surface area (Å²) < 4.78 is 30.9. The van der Waals surface area contributed by atoms with Gasteiger partial charge >= 0.3 is 29.8 Å². The minimum absolute atomic E-state index is 0.251. The predicted molar refractivity (Wildman–Crippen MR) is 101 cm³/mol. The van der Waals surface area contributed by atoms with Crippen LogP contribution in [0.5, 0.6) is 0 Å². The molecule has 0 saturated carbocycles. The molecule has 0 aromatic heterocycles. The van der Waals surface area contributed by atoms with Crippen molar-refractivity contribution in [3.8, 4) is 0 Å². The number of methoxy groups -OCH3 is 1. The number of hydrogen-bond acceptors (Lipinski definition) is 11. The zero-order valence-corrected chi connectivity index (χ0v) is 18.6. The van der Waals surface area contributed by atoms with E-state index in [4.69, 9.17) is 23.7 Å². The smallest absolute Gasteiger partial charge is 0.373 e. The fourth-order valence-electron chi connectivity index (χ4n) is 2.62. The van der Waals surface area contributed by atoms with Crippen LogP contribution in [0.1, 0.15) is 27.7 Å². The van der Waals surface area contributed by atoms with Crippen molar-refractivity contribution in [2.75, 3.05) is 13.7 Å². The summed E-state index contributed by atoms with van der Waals surface area (Å²) in [5.41, 5.74) is 0. The number of ether oxygens (including phenoxy) is 6. The van der Waals surface area contributed by atoms with Gasteiger partial charge in [0.1, 0.15) is 6.61 Å². The maximum atomic E-state index is 12.0. The Morgan fingerprint density at radius 1 is 1.00 bits per heavy atom. The van der Waals surface area contributed by atoms with Gasteiger partial charge in [0.2, 0.25) is 5.76 Å². The van der Waals surface area contributed by atoms with E-state index in [1.54, 1.807) is 0 Å². The molecule has 0 N–H and O–H groups in total. The van der Waals surface area contributed by atoms with Crippen LogP contribution >= 0.6 is 15.9 Å². The molecule has 0 unspecified atom stereocenters. The van der Waals surface area contributed by atoms with Crippen LogP contribution in [0, 0.1) is 0 Å². The molecular formula is C18H23BrO11. The Morgan fingerprint density at radius 3 is 2.07 bits per heavy atom. The summed E-state index contributed by atoms with van der Waals surface area (Å²) in [4.78, 5) is 57.4. The third-order valence-electron chi connectivity index (χ3n) is 3.66. The summed E-state index contributed by atoms with van der Waals surface area (Å²) >= 11 is 3.28. The van der Waals surface area contributed by atoms with Crippen LogP contribution in [0.25, 0.3) is 0 Å². The zero-order chi connectivity index (χ0) is 23.0. The summed E-state index contributed by atoms with van der Waals surface area (Å²) in [6, 6.07) is 0. The van der Waals surface area contributed by atoms with Crippen molar-refractivity contribution in [3.63, 3.8) is 0 Å². The van der Waals surface area contributed by atoms with Gasteiger partial charge in [-0.3, -0.25) is 19.2 Å². The number of hydrogen-bond donors (Lipinski definition) is 0. The Labute approximate surface area is 181 Å². The van der Waals surface area contributed by atoms with Gasteiger partial charge in [0.05, 0.1) is 11.9 Å². The average Bonchev–Trinajstić information content (AvgIpc) is 2.63. The van der Waals surface area contributed by atoms with E-state index in [2.05, 4.69) is 20.7 Å². The van der Waals surface area contributed by atoms with Crippen molar-refractivity contribution in [2.45, 2.75) is 56.9 Å². The Balaban J connectivity index is 3.41. The van der Waals surface area contributed by atoms with Crippen molar-refractivity contribution in [3.05, 3.63) is 11.8 Å². The first kappa shape index (κ1) is 25.4. The lowest BCUT2D eigenvalue weighted by Crippen LogP contribution is -2.56. The molecule has 0 radical (unpaired) electrons. The molecule has 1 aliphatic heterocycles. The maximum Gasteiger partial charge on any atom is 0.373 e. The Morgan fingerprint density at radius 2 is 1.60 bits per heavy atom. The highest BCUT2D eigenvalue weighted by atomic mass is 79.9. The highest BCUT2D eigenvalue weighted by Gasteiger charge is 2.48. The van der Waals surface area contributed by atoms with E-state index >= 15 is 0 Å². The predicted octanol–water partition coefficient (Wildman–Crippen LogP) is 0.564. The van der Waals surface area contributed by atoms with Gasteiger partial charge in [-0.2, -0.15) is 0 Å². The van der Waals surface area contributed by atoms with Crippen LogP contribution in [0.4, 0.5) is 0 Å². The van der Waals surface area contributed by atoms with Gasteiger partial charge in [0, 0.05) is 27.7 Å². The van der Waals surface area contributed by atoms with E-state index in [0.29, 0.717) is 0 Å². The molecule has 0 bridgehead atoms. The number of carbonyl (C=O) groups excluding carboxylic acids is 5. The summed E-state index contributed by atoms with van der Waals surface area (Å²) in [5, 5.41) is 0. The third kappa shape index (κ3) is 7.65. The molecule has 5 atom stereocenters. The standard InChI is InChI=1S/C18H23BrO11/c1-8(20)26-7-14(27-9(2)21)16(29-11(4)23)17-15(28-10(3)22)12(19)6-13(30-17)18(24)25-5/h6,12,14-17H,7H2,1-5H3/t12-,14-,15-,16-,17-/m1/s1. The van der Waals surface area contributed by atoms with E-state index in [1.165, 1.54) is 6.08 Å². The van der Waals surface area contributed by atoms with Gasteiger partial charge in [-0.25, -0.2) is 4.79 Å². The van der Waals surface area contributed by atoms with Crippen molar-refractivity contribution >= 4 is 45.8 Å². The molecule has 0 saturated heterocycles. The summed E-state index contributed by atoms with van der Waals surface area (Å²) in [7, 11) is 1.13. The number of esters is 5. The normalized spacial score (nSPS) is 22.3. The highest BCUT2D eigenvalue weighted by Crippen LogP contribution is 2.31. The molecular weight excluding hydrogens is 472 g/mol. The highest BCUT2D eigenvalue weighted by molar-refractivity contribution is 9.09. The van der Waals surface area contributed by atoms with E-state index < -0.39 is 65.7 Å². The molecule has 30 heavy (non-hydrogen) atoms. The lowest BCUT2D eigenvalue weighted by Gasteiger charge is -2.39. The lowest BCUT2D eigenvalue weighted by molar-refractivity contribution is -0.197. The van der Waals surface area contributed by atoms with E-state index in [-0.39, 0.29) is 5.76 Å². The molecule has 1 aliphatic rings. The molecule has 0 aliphatic carbocycles. The first-order valence-corrected chi connectivity index (χ1v) is 9.63. The minimum atomic E-state index is -1.41. The van der Waals surface area contributed by atoms with Gasteiger partial charge in [0.15, 0.2) is 24.4 Å². The van der Waals surface area contributed by atoms with Crippen molar-refractivity contribution in [1.82, 2.24) is 0 Å². The topological polar surface area (TPSA) is 141 Å². The van der Waals surface area contributed by atoms with Crippen molar-refractivity contribution in [1.29, 1.82) is 0 Å². The second-order valence-electron chi connectivity index (χ2n) is 6.15. The molecule has 11 nitrogen and oxygen atoms in total. The van der Waals surface area contributed by atoms with Crippen LogP contribution < -0.4 is 0 Å². The van der Waals surface area contributed by atoms with E-state index in [1.807, 2.05) is 0 Å². The Bertz CT molecular complexity index is 717. The van der Waals surface area contributed by atoms with Crippen LogP contribution in [0.15, 0.2) is 11.8 Å². The quantitative estimate of drug-likeness (QED) is 0.265. The van der Waals surface area contributed by atoms with Crippen molar-refractivity contribution in [2.24, 2.45) is 0 Å². The first-order chi connectivity index (χ1) is 14.0. The number of rotatable bonds is 8. The van der Waals surface area contributed by atoms with Crippen LogP contribution in [0.3, 0.4) is 0 Å². The molecule has 1 rings (SSSR count). The van der Waals surface area contributed by atoms with E-state index in [9.17, 15) is 24.0 Å². The largest absolute Gasteiger partial charge is 0.475 e. The van der Waals surface area contributed by atoms with Gasteiger partial charge in [-0.15, -0.1) is 0 Å². The second-order valence-corrected chi connectivity index (χ2v) is 7.21. The second kappa shape index (κ2) is 11.5. The van der Waals surface area contributed by atoms with Crippen LogP contribution in [-0.2, 0) is 52.4 Å². The monoisotopic (exact) mass is 494 g/mol. The summed E-state index contributed by atoms with van der Waals surface area (Å²) in [6.07, 6.45) is -3.84. The van der Waals surface area contributed by atoms with Crippen LogP contribution in [-0.4, -0.2) is 72.8 Å².